The lowest BCUT2D eigenvalue weighted by atomic mass is 10.1. The van der Waals surface area contributed by atoms with Gasteiger partial charge >= 0.3 is 0 Å². The van der Waals surface area contributed by atoms with Gasteiger partial charge in [-0.2, -0.15) is 0 Å². The van der Waals surface area contributed by atoms with Crippen LogP contribution in [0.4, 0.5) is 0 Å². The van der Waals surface area contributed by atoms with Crippen LogP contribution in [0, 0.1) is 0 Å². The molecule has 1 atom stereocenters. The van der Waals surface area contributed by atoms with Crippen LogP contribution in [0.1, 0.15) is 29.1 Å². The van der Waals surface area contributed by atoms with Crippen LogP contribution in [0.5, 0.6) is 5.75 Å². The van der Waals surface area contributed by atoms with Gasteiger partial charge in [-0.15, -0.1) is 22.7 Å². The first-order valence-corrected chi connectivity index (χ1v) is 8.87. The number of nitrogens with one attached hydrogen (secondary N) is 1. The maximum Gasteiger partial charge on any atom is 0.129 e. The topological polar surface area (TPSA) is 21.3 Å². The smallest absolute Gasteiger partial charge is 0.129 e. The van der Waals surface area contributed by atoms with E-state index in [4.69, 9.17) is 4.74 Å². The van der Waals surface area contributed by atoms with E-state index in [9.17, 15) is 0 Å². The number of ether oxygens (including phenoxy) is 1. The Balaban J connectivity index is 2.10. The molecule has 0 spiro atoms. The molecule has 0 aromatic carbocycles. The summed E-state index contributed by atoms with van der Waals surface area (Å²) in [4.78, 5) is 2.74. The van der Waals surface area contributed by atoms with E-state index in [0.717, 1.165) is 25.1 Å². The molecule has 0 amide bonds. The molecule has 19 heavy (non-hydrogen) atoms. The molecule has 0 saturated carbocycles. The van der Waals surface area contributed by atoms with Crippen LogP contribution in [0.25, 0.3) is 0 Å². The van der Waals surface area contributed by atoms with Crippen LogP contribution in [0.3, 0.4) is 0 Å². The highest BCUT2D eigenvalue weighted by Crippen LogP contribution is 2.31. The van der Waals surface area contributed by atoms with Crippen molar-refractivity contribution in [3.8, 4) is 5.75 Å². The molecule has 2 nitrogen and oxygen atoms in total. The van der Waals surface area contributed by atoms with E-state index in [1.165, 1.54) is 14.2 Å². The summed E-state index contributed by atoms with van der Waals surface area (Å²) in [6.07, 6.45) is 2.17. The molecule has 0 bridgehead atoms. The van der Waals surface area contributed by atoms with Crippen molar-refractivity contribution in [2.24, 2.45) is 0 Å². The summed E-state index contributed by atoms with van der Waals surface area (Å²) in [7, 11) is 1.72. The third-order valence-corrected chi connectivity index (χ3v) is 5.59. The van der Waals surface area contributed by atoms with Crippen molar-refractivity contribution in [3.63, 3.8) is 0 Å². The average Bonchev–Trinajstić information content (AvgIpc) is 3.03. The zero-order valence-corrected chi connectivity index (χ0v) is 14.3. The summed E-state index contributed by atoms with van der Waals surface area (Å²) in [6.45, 7) is 3.23. The highest BCUT2D eigenvalue weighted by atomic mass is 79.9. The normalized spacial score (nSPS) is 12.6. The van der Waals surface area contributed by atoms with Gasteiger partial charge in [-0.1, -0.05) is 6.92 Å². The summed E-state index contributed by atoms with van der Waals surface area (Å²) >= 11 is 7.09. The largest absolute Gasteiger partial charge is 0.496 e. The van der Waals surface area contributed by atoms with Gasteiger partial charge in [0.25, 0.3) is 0 Å². The maximum atomic E-state index is 5.28. The van der Waals surface area contributed by atoms with Gasteiger partial charge in [0.05, 0.1) is 7.11 Å². The van der Waals surface area contributed by atoms with Gasteiger partial charge in [0, 0.05) is 37.4 Å². The summed E-state index contributed by atoms with van der Waals surface area (Å²) in [5.41, 5.74) is 0. The number of methoxy groups -OCH3 is 1. The van der Waals surface area contributed by atoms with Crippen LogP contribution >= 0.6 is 38.6 Å². The van der Waals surface area contributed by atoms with Gasteiger partial charge in [-0.25, -0.2) is 0 Å². The SMILES string of the molecule is CCCNC(Cc1cc(Br)cs1)c1cc(OC)cs1. The van der Waals surface area contributed by atoms with Crippen LogP contribution < -0.4 is 10.1 Å². The zero-order valence-electron chi connectivity index (χ0n) is 11.1. The first kappa shape index (κ1) is 15.0. The van der Waals surface area contributed by atoms with Crippen molar-refractivity contribution in [1.29, 1.82) is 0 Å². The lowest BCUT2D eigenvalue weighted by Gasteiger charge is -2.16. The van der Waals surface area contributed by atoms with E-state index in [1.807, 2.05) is 0 Å². The molecule has 0 fully saturated rings. The third-order valence-electron chi connectivity index (χ3n) is 2.84. The molecule has 0 aliphatic carbocycles. The molecular formula is C14H18BrNOS2. The summed E-state index contributed by atoms with van der Waals surface area (Å²) < 4.78 is 6.45. The van der Waals surface area contributed by atoms with E-state index < -0.39 is 0 Å². The van der Waals surface area contributed by atoms with Crippen molar-refractivity contribution in [2.75, 3.05) is 13.7 Å². The van der Waals surface area contributed by atoms with Crippen molar-refractivity contribution in [3.05, 3.63) is 37.1 Å². The van der Waals surface area contributed by atoms with E-state index in [2.05, 4.69) is 51.1 Å². The van der Waals surface area contributed by atoms with Crippen molar-refractivity contribution in [2.45, 2.75) is 25.8 Å². The fraction of sp³-hybridized carbons (Fsp3) is 0.429. The van der Waals surface area contributed by atoms with Gasteiger partial charge < -0.3 is 10.1 Å². The Morgan fingerprint density at radius 2 is 2.16 bits per heavy atom. The first-order chi connectivity index (χ1) is 9.22. The molecule has 0 aliphatic heterocycles. The summed E-state index contributed by atoms with van der Waals surface area (Å²) in [5.74, 6) is 0.954. The molecule has 0 aliphatic rings. The summed E-state index contributed by atoms with van der Waals surface area (Å²) in [5, 5.41) is 7.84. The van der Waals surface area contributed by atoms with Crippen LogP contribution in [-0.4, -0.2) is 13.7 Å². The number of rotatable bonds is 7. The van der Waals surface area contributed by atoms with Gasteiger partial charge in [0.15, 0.2) is 0 Å². The first-order valence-electron chi connectivity index (χ1n) is 6.31. The Labute approximate surface area is 130 Å². The fourth-order valence-electron chi connectivity index (χ4n) is 1.88. The standard InChI is InChI=1S/C14H18BrNOS2/c1-3-4-16-13(7-12-5-10(15)8-18-12)14-6-11(17-2)9-19-14/h5-6,8-9,13,16H,3-4,7H2,1-2H3. The second-order valence-corrected chi connectivity index (χ2v) is 7.19. The highest BCUT2D eigenvalue weighted by molar-refractivity contribution is 9.10. The number of halogens is 1. The zero-order chi connectivity index (χ0) is 13.7. The maximum absolute atomic E-state index is 5.28. The van der Waals surface area contributed by atoms with Gasteiger partial charge in [-0.05, 0) is 41.0 Å². The van der Waals surface area contributed by atoms with E-state index in [-0.39, 0.29) is 0 Å². The number of thiophene rings is 2. The average molecular weight is 360 g/mol. The highest BCUT2D eigenvalue weighted by Gasteiger charge is 2.15. The molecular weight excluding hydrogens is 342 g/mol. The van der Waals surface area contributed by atoms with Crippen LogP contribution in [-0.2, 0) is 6.42 Å². The minimum absolute atomic E-state index is 0.374. The second-order valence-electron chi connectivity index (χ2n) is 4.33. The third kappa shape index (κ3) is 4.31. The minimum Gasteiger partial charge on any atom is -0.496 e. The fourth-order valence-corrected chi connectivity index (χ4v) is 4.31. The molecule has 0 saturated heterocycles. The predicted molar refractivity (Wildman–Crippen MR) is 87.6 cm³/mol. The second kappa shape index (κ2) is 7.43. The molecule has 0 radical (unpaired) electrons. The number of hydrogen-bond acceptors (Lipinski definition) is 4. The number of hydrogen-bond donors (Lipinski definition) is 1. The monoisotopic (exact) mass is 359 g/mol. The molecule has 1 unspecified atom stereocenters. The molecule has 104 valence electrons. The molecule has 2 aromatic heterocycles. The van der Waals surface area contributed by atoms with Crippen LogP contribution in [0.2, 0.25) is 0 Å². The Hall–Kier alpha value is -0.360. The Morgan fingerprint density at radius 3 is 2.74 bits per heavy atom. The molecule has 1 N–H and O–H groups in total. The lowest BCUT2D eigenvalue weighted by Crippen LogP contribution is -2.22. The van der Waals surface area contributed by atoms with Crippen molar-refractivity contribution < 1.29 is 4.74 Å². The summed E-state index contributed by atoms with van der Waals surface area (Å²) in [6, 6.07) is 4.72. The van der Waals surface area contributed by atoms with Gasteiger partial charge in [-0.3, -0.25) is 0 Å². The lowest BCUT2D eigenvalue weighted by molar-refractivity contribution is 0.415. The molecule has 2 aromatic rings. The Morgan fingerprint density at radius 1 is 1.32 bits per heavy atom. The van der Waals surface area contributed by atoms with E-state index in [1.54, 1.807) is 29.8 Å². The quantitative estimate of drug-likeness (QED) is 0.761. The van der Waals surface area contributed by atoms with Crippen molar-refractivity contribution >= 4 is 38.6 Å². The Kier molecular flexibility index (Phi) is 5.88. The van der Waals surface area contributed by atoms with E-state index >= 15 is 0 Å². The predicted octanol–water partition coefficient (Wildman–Crippen LogP) is 4.86. The molecule has 2 heterocycles. The molecule has 2 rings (SSSR count). The van der Waals surface area contributed by atoms with Gasteiger partial charge in [0.1, 0.15) is 5.75 Å². The van der Waals surface area contributed by atoms with E-state index in [0.29, 0.717) is 6.04 Å². The van der Waals surface area contributed by atoms with Crippen LogP contribution in [0.15, 0.2) is 27.4 Å². The Bertz CT molecular complexity index is 509. The van der Waals surface area contributed by atoms with Crippen molar-refractivity contribution in [1.82, 2.24) is 5.32 Å². The minimum atomic E-state index is 0.374. The molecule has 5 heteroatoms. The van der Waals surface area contributed by atoms with Gasteiger partial charge in [0.2, 0.25) is 0 Å².